The van der Waals surface area contributed by atoms with Gasteiger partial charge in [-0.1, -0.05) is 13.8 Å². The maximum absolute atomic E-state index is 5.75. The minimum absolute atomic E-state index is 0.105. The summed E-state index contributed by atoms with van der Waals surface area (Å²) in [6, 6.07) is 2.15. The smallest absolute Gasteiger partial charge is 0.125 e. The van der Waals surface area contributed by atoms with Gasteiger partial charge >= 0.3 is 0 Å². The van der Waals surface area contributed by atoms with Gasteiger partial charge in [-0.2, -0.15) is 0 Å². The first-order valence-corrected chi connectivity index (χ1v) is 6.41. The summed E-state index contributed by atoms with van der Waals surface area (Å²) in [7, 11) is 1.72. The van der Waals surface area contributed by atoms with Crippen LogP contribution in [0.4, 0.5) is 5.69 Å². The highest BCUT2D eigenvalue weighted by Crippen LogP contribution is 2.31. The number of methoxy groups -OCH3 is 1. The first kappa shape index (κ1) is 14.8. The molecule has 3 N–H and O–H groups in total. The highest BCUT2D eigenvalue weighted by molar-refractivity contribution is 5.61. The fourth-order valence-electron chi connectivity index (χ4n) is 1.96. The zero-order chi connectivity index (χ0) is 13.9. The van der Waals surface area contributed by atoms with Crippen LogP contribution >= 0.6 is 0 Å². The normalized spacial score (nSPS) is 11.5. The van der Waals surface area contributed by atoms with Crippen LogP contribution < -0.4 is 15.8 Å². The highest BCUT2D eigenvalue weighted by Gasteiger charge is 2.17. The van der Waals surface area contributed by atoms with Crippen molar-refractivity contribution in [3.05, 3.63) is 22.8 Å². The Balaban J connectivity index is 2.98. The molecule has 3 nitrogen and oxygen atoms in total. The SMILES string of the molecule is COc1c(C)cc(NCC(C)(C)CN)c(C)c1C. The lowest BCUT2D eigenvalue weighted by molar-refractivity contribution is 0.404. The Hall–Kier alpha value is -1.22. The number of hydrogen-bond acceptors (Lipinski definition) is 3. The molecule has 1 aromatic carbocycles. The summed E-state index contributed by atoms with van der Waals surface area (Å²) >= 11 is 0. The quantitative estimate of drug-likeness (QED) is 0.844. The zero-order valence-electron chi connectivity index (χ0n) is 12.5. The van der Waals surface area contributed by atoms with Gasteiger partial charge < -0.3 is 15.8 Å². The molecule has 0 unspecified atom stereocenters. The van der Waals surface area contributed by atoms with Gasteiger partial charge in [-0.3, -0.25) is 0 Å². The van der Waals surface area contributed by atoms with Gasteiger partial charge in [0.2, 0.25) is 0 Å². The molecule has 0 amide bonds. The number of aryl methyl sites for hydroxylation is 1. The van der Waals surface area contributed by atoms with E-state index in [0.29, 0.717) is 6.54 Å². The van der Waals surface area contributed by atoms with Gasteiger partial charge in [0.25, 0.3) is 0 Å². The van der Waals surface area contributed by atoms with Crippen LogP contribution in [-0.4, -0.2) is 20.2 Å². The first-order valence-electron chi connectivity index (χ1n) is 6.41. The van der Waals surface area contributed by atoms with Gasteiger partial charge in [-0.25, -0.2) is 0 Å². The van der Waals surface area contributed by atoms with E-state index in [4.69, 9.17) is 10.5 Å². The number of hydrogen-bond donors (Lipinski definition) is 2. The van der Waals surface area contributed by atoms with E-state index in [9.17, 15) is 0 Å². The summed E-state index contributed by atoms with van der Waals surface area (Å²) in [5.41, 5.74) is 10.6. The molecule has 0 spiro atoms. The van der Waals surface area contributed by atoms with Crippen LogP contribution in [0, 0.1) is 26.2 Å². The summed E-state index contributed by atoms with van der Waals surface area (Å²) in [5, 5.41) is 3.50. The minimum atomic E-state index is 0.105. The second kappa shape index (κ2) is 5.61. The maximum atomic E-state index is 5.75. The van der Waals surface area contributed by atoms with Gasteiger partial charge in [0.15, 0.2) is 0 Å². The lowest BCUT2D eigenvalue weighted by atomic mass is 9.93. The van der Waals surface area contributed by atoms with Crippen molar-refractivity contribution < 1.29 is 4.74 Å². The molecule has 0 aliphatic rings. The van der Waals surface area contributed by atoms with E-state index in [1.54, 1.807) is 7.11 Å². The molecule has 0 atom stereocenters. The molecule has 0 saturated heterocycles. The van der Waals surface area contributed by atoms with E-state index in [1.807, 2.05) is 0 Å². The summed E-state index contributed by atoms with van der Waals surface area (Å²) in [4.78, 5) is 0. The molecule has 3 heteroatoms. The standard InChI is InChI=1S/C15H26N2O/c1-10-7-13(17-9-15(4,5)8-16)11(2)12(3)14(10)18-6/h7,17H,8-9,16H2,1-6H3. The Morgan fingerprint density at radius 1 is 1.22 bits per heavy atom. The molecule has 0 aliphatic heterocycles. The van der Waals surface area contributed by atoms with Gasteiger partial charge in [-0.05, 0) is 55.5 Å². The first-order chi connectivity index (χ1) is 8.32. The van der Waals surface area contributed by atoms with Crippen molar-refractivity contribution in [3.63, 3.8) is 0 Å². The highest BCUT2D eigenvalue weighted by atomic mass is 16.5. The third kappa shape index (κ3) is 3.16. The predicted octanol–water partition coefficient (Wildman–Crippen LogP) is 3.02. The monoisotopic (exact) mass is 250 g/mol. The second-order valence-electron chi connectivity index (χ2n) is 5.75. The molecule has 0 bridgehead atoms. The largest absolute Gasteiger partial charge is 0.496 e. The number of nitrogens with two attached hydrogens (primary N) is 1. The Bertz CT molecular complexity index is 425. The van der Waals surface area contributed by atoms with Crippen LogP contribution in [-0.2, 0) is 0 Å². The molecule has 0 radical (unpaired) electrons. The van der Waals surface area contributed by atoms with Crippen molar-refractivity contribution in [1.29, 1.82) is 0 Å². The fourth-order valence-corrected chi connectivity index (χ4v) is 1.96. The van der Waals surface area contributed by atoms with Crippen molar-refractivity contribution in [2.45, 2.75) is 34.6 Å². The van der Waals surface area contributed by atoms with Crippen LogP contribution in [0.2, 0.25) is 0 Å². The Kier molecular flexibility index (Phi) is 4.63. The Labute approximate surface area is 111 Å². The average molecular weight is 250 g/mol. The molecular weight excluding hydrogens is 224 g/mol. The van der Waals surface area contributed by atoms with Crippen molar-refractivity contribution in [1.82, 2.24) is 0 Å². The molecule has 1 aromatic rings. The number of nitrogens with one attached hydrogen (secondary N) is 1. The molecule has 0 aliphatic carbocycles. The number of ether oxygens (including phenoxy) is 1. The van der Waals surface area contributed by atoms with Gasteiger partial charge in [0.1, 0.15) is 5.75 Å². The molecule has 0 saturated carbocycles. The van der Waals surface area contributed by atoms with E-state index in [2.05, 4.69) is 46.0 Å². The predicted molar refractivity (Wildman–Crippen MR) is 78.5 cm³/mol. The Morgan fingerprint density at radius 3 is 2.33 bits per heavy atom. The van der Waals surface area contributed by atoms with Gasteiger partial charge in [0, 0.05) is 12.2 Å². The molecule has 102 valence electrons. The van der Waals surface area contributed by atoms with E-state index in [-0.39, 0.29) is 5.41 Å². The lowest BCUT2D eigenvalue weighted by Gasteiger charge is -2.25. The van der Waals surface area contributed by atoms with Crippen LogP contribution in [0.5, 0.6) is 5.75 Å². The van der Waals surface area contributed by atoms with E-state index in [0.717, 1.165) is 17.9 Å². The Morgan fingerprint density at radius 2 is 1.83 bits per heavy atom. The van der Waals surface area contributed by atoms with E-state index >= 15 is 0 Å². The summed E-state index contributed by atoms with van der Waals surface area (Å²) < 4.78 is 5.43. The van der Waals surface area contributed by atoms with Crippen molar-refractivity contribution in [2.24, 2.45) is 11.1 Å². The van der Waals surface area contributed by atoms with Crippen LogP contribution in [0.3, 0.4) is 0 Å². The van der Waals surface area contributed by atoms with Crippen molar-refractivity contribution in [3.8, 4) is 5.75 Å². The van der Waals surface area contributed by atoms with Crippen molar-refractivity contribution in [2.75, 3.05) is 25.5 Å². The van der Waals surface area contributed by atoms with Crippen molar-refractivity contribution >= 4 is 5.69 Å². The van der Waals surface area contributed by atoms with Crippen LogP contribution in [0.25, 0.3) is 0 Å². The van der Waals surface area contributed by atoms with Crippen LogP contribution in [0.1, 0.15) is 30.5 Å². The average Bonchev–Trinajstić information content (AvgIpc) is 2.33. The second-order valence-corrected chi connectivity index (χ2v) is 5.75. The van der Waals surface area contributed by atoms with Gasteiger partial charge in [0.05, 0.1) is 7.11 Å². The lowest BCUT2D eigenvalue weighted by Crippen LogP contribution is -2.31. The van der Waals surface area contributed by atoms with E-state index in [1.165, 1.54) is 16.8 Å². The third-order valence-electron chi connectivity index (χ3n) is 3.54. The minimum Gasteiger partial charge on any atom is -0.496 e. The van der Waals surface area contributed by atoms with E-state index < -0.39 is 0 Å². The third-order valence-corrected chi connectivity index (χ3v) is 3.54. The number of anilines is 1. The maximum Gasteiger partial charge on any atom is 0.125 e. The zero-order valence-corrected chi connectivity index (χ0v) is 12.5. The molecule has 0 heterocycles. The molecule has 1 rings (SSSR count). The molecule has 0 aromatic heterocycles. The summed E-state index contributed by atoms with van der Waals surface area (Å²) in [5.74, 6) is 0.983. The molecule has 0 fully saturated rings. The topological polar surface area (TPSA) is 47.3 Å². The fraction of sp³-hybridized carbons (Fsp3) is 0.600. The van der Waals surface area contributed by atoms with Gasteiger partial charge in [-0.15, -0.1) is 0 Å². The molecular formula is C15H26N2O. The van der Waals surface area contributed by atoms with Crippen LogP contribution in [0.15, 0.2) is 6.07 Å². The molecule has 18 heavy (non-hydrogen) atoms. The number of benzene rings is 1. The summed E-state index contributed by atoms with van der Waals surface area (Å²) in [6.07, 6.45) is 0. The summed E-state index contributed by atoms with van der Waals surface area (Å²) in [6.45, 7) is 12.2. The number of rotatable bonds is 5.